The zero-order valence-electron chi connectivity index (χ0n) is 48.4. The van der Waals surface area contributed by atoms with Gasteiger partial charge in [0.15, 0.2) is 26.4 Å². The molecule has 44 heteroatoms. The Morgan fingerprint density at radius 3 is 0.711 bits per heavy atom. The van der Waals surface area contributed by atoms with Gasteiger partial charge in [0.2, 0.25) is 0 Å². The molecule has 0 heterocycles. The van der Waals surface area contributed by atoms with Gasteiger partial charge in [-0.2, -0.15) is 119 Å². The fourth-order valence-electron chi connectivity index (χ4n) is 4.20. The van der Waals surface area contributed by atoms with Crippen molar-refractivity contribution in [3.05, 3.63) is 0 Å². The first-order valence-corrected chi connectivity index (χ1v) is 24.1. The number of rotatable bonds is 20. The van der Waals surface area contributed by atoms with Crippen LogP contribution >= 0.6 is 0 Å². The van der Waals surface area contributed by atoms with E-state index in [1.54, 1.807) is 20.8 Å². The Hall–Kier alpha value is -6.17. The molecule has 0 aliphatic heterocycles. The van der Waals surface area contributed by atoms with Crippen molar-refractivity contribution in [2.24, 2.45) is 21.7 Å². The van der Waals surface area contributed by atoms with E-state index in [9.17, 15) is 157 Å². The number of halogens is 27. The van der Waals surface area contributed by atoms with Crippen LogP contribution in [-0.4, -0.2) is 158 Å². The van der Waals surface area contributed by atoms with Gasteiger partial charge in [-0.1, -0.05) is 27.7 Å². The van der Waals surface area contributed by atoms with Crippen molar-refractivity contribution in [1.29, 1.82) is 0 Å². The van der Waals surface area contributed by atoms with Crippen molar-refractivity contribution >= 4 is 47.8 Å². The summed E-state index contributed by atoms with van der Waals surface area (Å²) in [5, 5.41) is 8.59. The predicted octanol–water partition coefficient (Wildman–Crippen LogP) is 12.7. The van der Waals surface area contributed by atoms with E-state index in [-0.39, 0.29) is 19.8 Å². The monoisotopic (exact) mass is 1390 g/mol. The second-order valence-electron chi connectivity index (χ2n) is 20.5. The summed E-state index contributed by atoms with van der Waals surface area (Å²) < 4.78 is 364. The van der Waals surface area contributed by atoms with Crippen molar-refractivity contribution in [3.8, 4) is 0 Å². The van der Waals surface area contributed by atoms with Crippen LogP contribution in [0, 0.1) is 21.7 Å². The highest BCUT2D eigenvalue weighted by Gasteiger charge is 2.87. The summed E-state index contributed by atoms with van der Waals surface area (Å²) in [5.74, 6) is -18.5. The average Bonchev–Trinajstić information content (AvgIpc) is 0.791. The number of carbonyl (C=O) groups is 8. The van der Waals surface area contributed by atoms with Crippen molar-refractivity contribution in [1.82, 2.24) is 0 Å². The molecule has 17 nitrogen and oxygen atoms in total. The SMILES string of the molecule is CCC(C)(C)C(=O)OCC(=O)OC(C(F)(F)F)(C(F)(F)F)C(F)(F)F.CCC(C)(C)C(=O)OCC(=O)OC(C(F)(F)F)C(F)(F)F.CCC(C)(C)C(=O)OCC(=O)OC(C)(C(F)(F)F)C(F)(F)F.CCC(C)(C)C(=O)OCC(=O)OC(O)(C(F)(F)F)C(F)(F)F. The van der Waals surface area contributed by atoms with E-state index in [1.807, 2.05) is 0 Å². The highest BCUT2D eigenvalue weighted by molar-refractivity contribution is 5.82. The summed E-state index contributed by atoms with van der Waals surface area (Å²) in [7, 11) is 0. The molecule has 1 N–H and O–H groups in total. The first-order chi connectivity index (χ1) is 39.2. The van der Waals surface area contributed by atoms with Crippen LogP contribution in [0.3, 0.4) is 0 Å². The number of alkyl halides is 27. The molecule has 0 aliphatic rings. The molecule has 0 atom stereocenters. The maximum atomic E-state index is 12.5. The van der Waals surface area contributed by atoms with Gasteiger partial charge in [-0.25, -0.2) is 19.2 Å². The van der Waals surface area contributed by atoms with E-state index in [0.29, 0.717) is 12.8 Å². The maximum absolute atomic E-state index is 12.5. The van der Waals surface area contributed by atoms with Gasteiger partial charge < -0.3 is 43.0 Å². The van der Waals surface area contributed by atoms with Crippen LogP contribution in [0.15, 0.2) is 0 Å². The molecule has 0 amide bonds. The zero-order valence-corrected chi connectivity index (χ0v) is 48.4. The number of carbonyl (C=O) groups excluding carboxylic acids is 8. The Morgan fingerprint density at radius 2 is 0.522 bits per heavy atom. The van der Waals surface area contributed by atoms with Crippen molar-refractivity contribution in [3.63, 3.8) is 0 Å². The van der Waals surface area contributed by atoms with Crippen LogP contribution in [0.2, 0.25) is 0 Å². The minimum Gasteiger partial charge on any atom is -0.453 e. The molecule has 532 valence electrons. The van der Waals surface area contributed by atoms with Crippen LogP contribution in [0.25, 0.3) is 0 Å². The summed E-state index contributed by atoms with van der Waals surface area (Å²) in [6.07, 6.45) is -60.4. The maximum Gasteiger partial charge on any atom is 0.465 e. The second-order valence-corrected chi connectivity index (χ2v) is 20.5. The molecule has 0 aliphatic carbocycles. The quantitative estimate of drug-likeness (QED) is 0.0517. The van der Waals surface area contributed by atoms with Gasteiger partial charge in [-0.05, 0) is 88.0 Å². The molecule has 0 aromatic rings. The molecule has 0 radical (unpaired) electrons. The van der Waals surface area contributed by atoms with Gasteiger partial charge in [0, 0.05) is 0 Å². The Labute approximate surface area is 490 Å². The molecule has 0 aromatic heterocycles. The third kappa shape index (κ3) is 25.8. The largest absolute Gasteiger partial charge is 0.465 e. The Bertz CT molecular complexity index is 2230. The van der Waals surface area contributed by atoms with E-state index >= 15 is 0 Å². The zero-order chi connectivity index (χ0) is 73.5. The fraction of sp³-hybridized carbons (Fsp3) is 0.826. The molecule has 0 unspecified atom stereocenters. The fourth-order valence-corrected chi connectivity index (χ4v) is 4.20. The van der Waals surface area contributed by atoms with E-state index < -0.39 is 175 Å². The highest BCUT2D eigenvalue weighted by Crippen LogP contribution is 2.55. The topological polar surface area (TPSA) is 231 Å². The summed E-state index contributed by atoms with van der Waals surface area (Å²) >= 11 is 0. The molecule has 0 fully saturated rings. The van der Waals surface area contributed by atoms with Crippen LogP contribution < -0.4 is 0 Å². The average molecular weight is 1390 g/mol. The Morgan fingerprint density at radius 1 is 0.311 bits per heavy atom. The molecule has 0 spiro atoms. The summed E-state index contributed by atoms with van der Waals surface area (Å²) in [4.78, 5) is 90.0. The minimum atomic E-state index is -7.05. The number of ether oxygens (including phenoxy) is 8. The minimum absolute atomic E-state index is 0.110. The number of esters is 8. The lowest BCUT2D eigenvalue weighted by atomic mass is 9.91. The molecular formula is C46H57F27O17. The second kappa shape index (κ2) is 31.4. The molecule has 0 bridgehead atoms. The van der Waals surface area contributed by atoms with Gasteiger partial charge in [0.1, 0.15) is 0 Å². The standard InChI is InChI=1S/C12H13F9O4.C12H16F6O4.C11H14F6O5.C11H14F6O4/c1-4-8(2,3)7(23)24-5-6(22)25-9(10(13,14)15,11(16,17)18)12(19,20)21;1-5-9(2,3)8(20)21-6-7(19)22-10(4,11(13,14)15)12(16,17)18;1-4-8(2,3)7(19)21-5-6(18)22-9(20,10(12,13)14)11(15,16)17;1-4-9(2,3)8(19)20-5-6(18)21-7(10(12,13)14)11(15,16)17/h4-5H2,1-3H3;5-6H2,1-4H3;20H,4-5H2,1-3H3;7H,4-5H2,1-3H3. The lowest BCUT2D eigenvalue weighted by Crippen LogP contribution is -2.68. The Balaban J connectivity index is -0.000000549. The summed E-state index contributed by atoms with van der Waals surface area (Å²) in [6, 6.07) is 0. The molecule has 0 saturated carbocycles. The highest BCUT2D eigenvalue weighted by atomic mass is 19.5. The Kier molecular flexibility index (Phi) is 31.5. The smallest absolute Gasteiger partial charge is 0.453 e. The van der Waals surface area contributed by atoms with Crippen LogP contribution in [0.5, 0.6) is 0 Å². The molecule has 0 saturated heterocycles. The van der Waals surface area contributed by atoms with Gasteiger partial charge in [0.25, 0.3) is 11.7 Å². The summed E-state index contributed by atoms with van der Waals surface area (Å²) in [5.41, 5.74) is -15.8. The predicted molar refractivity (Wildman–Crippen MR) is 239 cm³/mol. The molecule has 0 aromatic carbocycles. The number of hydrogen-bond acceptors (Lipinski definition) is 17. The van der Waals surface area contributed by atoms with Crippen molar-refractivity contribution in [2.75, 3.05) is 26.4 Å². The van der Waals surface area contributed by atoms with Gasteiger partial charge in [0.05, 0.1) is 21.7 Å². The van der Waals surface area contributed by atoms with Gasteiger partial charge >= 0.3 is 115 Å². The third-order valence-electron chi connectivity index (χ3n) is 11.8. The first-order valence-electron chi connectivity index (χ1n) is 24.1. The van der Waals surface area contributed by atoms with Crippen molar-refractivity contribution < 1.29 is 200 Å². The van der Waals surface area contributed by atoms with Crippen molar-refractivity contribution in [2.45, 2.75) is 194 Å². The van der Waals surface area contributed by atoms with E-state index in [0.717, 1.165) is 0 Å². The lowest BCUT2D eigenvalue weighted by molar-refractivity contribution is -0.446. The van der Waals surface area contributed by atoms with E-state index in [4.69, 9.17) is 5.11 Å². The first kappa shape index (κ1) is 90.2. The van der Waals surface area contributed by atoms with Crippen LogP contribution in [-0.2, 0) is 76.3 Å². The lowest BCUT2D eigenvalue weighted by Gasteiger charge is -2.37. The van der Waals surface area contributed by atoms with Crippen LogP contribution in [0.4, 0.5) is 119 Å². The van der Waals surface area contributed by atoms with Gasteiger partial charge in [-0.3, -0.25) is 19.2 Å². The van der Waals surface area contributed by atoms with Gasteiger partial charge in [-0.15, -0.1) is 0 Å². The molecular weight excluding hydrogens is 1340 g/mol. The number of aliphatic hydroxyl groups is 1. The van der Waals surface area contributed by atoms with E-state index in [2.05, 4.69) is 37.9 Å². The summed E-state index contributed by atoms with van der Waals surface area (Å²) in [6.45, 7) is 11.0. The molecule has 0 rings (SSSR count). The normalized spacial score (nSPS) is 13.8. The number of hydrogen-bond donors (Lipinski definition) is 1. The third-order valence-corrected chi connectivity index (χ3v) is 11.8. The van der Waals surface area contributed by atoms with Crippen LogP contribution in [0.1, 0.15) is 116 Å². The molecule has 90 heavy (non-hydrogen) atoms. The van der Waals surface area contributed by atoms with E-state index in [1.165, 1.54) is 62.3 Å².